The topological polar surface area (TPSA) is 6.48 Å². The van der Waals surface area contributed by atoms with Crippen LogP contribution in [0.2, 0.25) is 0 Å². The molecule has 0 aliphatic rings. The summed E-state index contributed by atoms with van der Waals surface area (Å²) in [4.78, 5) is 5.15. The van der Waals surface area contributed by atoms with Crippen molar-refractivity contribution in [3.63, 3.8) is 0 Å². The molecule has 0 amide bonds. The summed E-state index contributed by atoms with van der Waals surface area (Å²) in [6.07, 6.45) is 0. The highest BCUT2D eigenvalue weighted by Crippen LogP contribution is 2.40. The molecular weight excluding hydrogens is 292 g/mol. The number of hydrogen-bond donors (Lipinski definition) is 0. The van der Waals surface area contributed by atoms with Crippen molar-refractivity contribution in [3.05, 3.63) is 22.3 Å². The molecule has 2 heteroatoms. The van der Waals surface area contributed by atoms with Crippen LogP contribution in [0.4, 0.5) is 11.4 Å². The Morgan fingerprint density at radius 3 is 0.708 bits per heavy atom. The normalized spacial score (nSPS) is 12.0. The first kappa shape index (κ1) is 20.9. The van der Waals surface area contributed by atoms with Gasteiger partial charge in [0, 0.05) is 35.5 Å². The Kier molecular flexibility index (Phi) is 6.78. The van der Waals surface area contributed by atoms with E-state index in [1.54, 1.807) is 0 Å². The third kappa shape index (κ3) is 3.73. The quantitative estimate of drug-likeness (QED) is 0.615. The Morgan fingerprint density at radius 2 is 0.583 bits per heavy atom. The standard InChI is InChI=1S/C22H40N2/c1-13(2)23(14(3)4)21-17(9)19(11)22(20(12)18(21)10)24(15(5)6)16(7)8/h13-16H,1-12H3. The number of nitrogens with zero attached hydrogens (tertiary/aromatic N) is 2. The third-order valence-electron chi connectivity index (χ3n) is 5.29. The molecule has 0 aliphatic heterocycles. The van der Waals surface area contributed by atoms with Crippen LogP contribution in [0.5, 0.6) is 0 Å². The van der Waals surface area contributed by atoms with Gasteiger partial charge in [0.15, 0.2) is 0 Å². The molecule has 0 fully saturated rings. The minimum Gasteiger partial charge on any atom is -0.366 e. The van der Waals surface area contributed by atoms with Gasteiger partial charge in [0.05, 0.1) is 0 Å². The van der Waals surface area contributed by atoms with E-state index in [1.165, 1.54) is 33.6 Å². The molecule has 0 radical (unpaired) electrons. The summed E-state index contributed by atoms with van der Waals surface area (Å²) < 4.78 is 0. The molecule has 0 aromatic heterocycles. The van der Waals surface area contributed by atoms with Gasteiger partial charge in [-0.25, -0.2) is 0 Å². The second-order valence-electron chi connectivity index (χ2n) is 8.39. The van der Waals surface area contributed by atoms with E-state index in [4.69, 9.17) is 0 Å². The van der Waals surface area contributed by atoms with Crippen LogP contribution in [0.1, 0.15) is 77.6 Å². The molecule has 0 aliphatic carbocycles. The molecule has 0 heterocycles. The lowest BCUT2D eigenvalue weighted by atomic mass is 9.92. The van der Waals surface area contributed by atoms with E-state index in [0.717, 1.165) is 0 Å². The van der Waals surface area contributed by atoms with Gasteiger partial charge in [-0.3, -0.25) is 0 Å². The summed E-state index contributed by atoms with van der Waals surface area (Å²) in [5.41, 5.74) is 8.60. The predicted octanol–water partition coefficient (Wildman–Crippen LogP) is 6.17. The van der Waals surface area contributed by atoms with Crippen LogP contribution >= 0.6 is 0 Å². The fourth-order valence-corrected chi connectivity index (χ4v) is 4.27. The third-order valence-corrected chi connectivity index (χ3v) is 5.29. The van der Waals surface area contributed by atoms with Gasteiger partial charge in [-0.05, 0) is 105 Å². The summed E-state index contributed by atoms with van der Waals surface area (Å²) in [5.74, 6) is 0. The van der Waals surface area contributed by atoms with Crippen molar-refractivity contribution < 1.29 is 0 Å². The van der Waals surface area contributed by atoms with E-state index in [1.807, 2.05) is 0 Å². The van der Waals surface area contributed by atoms with Crippen LogP contribution in [0.15, 0.2) is 0 Å². The summed E-state index contributed by atoms with van der Waals surface area (Å²) in [6, 6.07) is 1.99. The van der Waals surface area contributed by atoms with Crippen LogP contribution in [-0.2, 0) is 0 Å². The van der Waals surface area contributed by atoms with Gasteiger partial charge in [0.25, 0.3) is 0 Å². The molecule has 2 nitrogen and oxygen atoms in total. The second-order valence-corrected chi connectivity index (χ2v) is 8.39. The average Bonchev–Trinajstić information content (AvgIpc) is 2.43. The van der Waals surface area contributed by atoms with Gasteiger partial charge in [0.1, 0.15) is 0 Å². The summed E-state index contributed by atoms with van der Waals surface area (Å²) in [7, 11) is 0. The maximum atomic E-state index is 2.57. The summed E-state index contributed by atoms with van der Waals surface area (Å²) in [6.45, 7) is 27.6. The molecular formula is C22H40N2. The van der Waals surface area contributed by atoms with Crippen molar-refractivity contribution in [1.29, 1.82) is 0 Å². The molecule has 1 aromatic carbocycles. The Hall–Kier alpha value is -1.18. The Bertz CT molecular complexity index is 472. The van der Waals surface area contributed by atoms with Crippen molar-refractivity contribution in [1.82, 2.24) is 0 Å². The maximum Gasteiger partial charge on any atom is 0.0437 e. The summed E-state index contributed by atoms with van der Waals surface area (Å²) in [5, 5.41) is 0. The fraction of sp³-hybridized carbons (Fsp3) is 0.727. The Labute approximate surface area is 151 Å². The largest absolute Gasteiger partial charge is 0.366 e. The number of benzene rings is 1. The fourth-order valence-electron chi connectivity index (χ4n) is 4.27. The van der Waals surface area contributed by atoms with Crippen molar-refractivity contribution in [3.8, 4) is 0 Å². The Morgan fingerprint density at radius 1 is 0.417 bits per heavy atom. The van der Waals surface area contributed by atoms with E-state index in [0.29, 0.717) is 24.2 Å². The smallest absolute Gasteiger partial charge is 0.0437 e. The van der Waals surface area contributed by atoms with E-state index >= 15 is 0 Å². The molecule has 0 saturated heterocycles. The van der Waals surface area contributed by atoms with Crippen LogP contribution < -0.4 is 9.80 Å². The predicted molar refractivity (Wildman–Crippen MR) is 111 cm³/mol. The van der Waals surface area contributed by atoms with E-state index < -0.39 is 0 Å². The van der Waals surface area contributed by atoms with Crippen LogP contribution in [-0.4, -0.2) is 24.2 Å². The zero-order valence-corrected chi connectivity index (χ0v) is 18.2. The number of anilines is 2. The highest BCUT2D eigenvalue weighted by molar-refractivity contribution is 5.75. The van der Waals surface area contributed by atoms with Crippen LogP contribution in [0.25, 0.3) is 0 Å². The maximum absolute atomic E-state index is 2.57. The highest BCUT2D eigenvalue weighted by atomic mass is 15.2. The van der Waals surface area contributed by atoms with Crippen molar-refractivity contribution in [2.24, 2.45) is 0 Å². The van der Waals surface area contributed by atoms with Crippen LogP contribution in [0, 0.1) is 27.7 Å². The molecule has 1 aromatic rings. The molecule has 0 saturated carbocycles. The second kappa shape index (κ2) is 7.80. The molecule has 0 spiro atoms. The first-order valence-electron chi connectivity index (χ1n) is 9.60. The highest BCUT2D eigenvalue weighted by Gasteiger charge is 2.26. The Balaban J connectivity index is 3.74. The molecule has 0 atom stereocenters. The monoisotopic (exact) mass is 332 g/mol. The zero-order chi connectivity index (χ0) is 18.9. The first-order chi connectivity index (χ1) is 10.9. The van der Waals surface area contributed by atoms with Gasteiger partial charge in [-0.15, -0.1) is 0 Å². The lowest BCUT2D eigenvalue weighted by molar-refractivity contribution is 0.597. The van der Waals surface area contributed by atoms with Gasteiger partial charge >= 0.3 is 0 Å². The molecule has 0 unspecified atom stereocenters. The van der Waals surface area contributed by atoms with Gasteiger partial charge < -0.3 is 9.80 Å². The van der Waals surface area contributed by atoms with Gasteiger partial charge in [0.2, 0.25) is 0 Å². The summed E-state index contributed by atoms with van der Waals surface area (Å²) >= 11 is 0. The average molecular weight is 333 g/mol. The van der Waals surface area contributed by atoms with E-state index in [-0.39, 0.29) is 0 Å². The first-order valence-corrected chi connectivity index (χ1v) is 9.60. The molecule has 0 bridgehead atoms. The molecule has 0 N–H and O–H groups in total. The van der Waals surface area contributed by atoms with E-state index in [2.05, 4.69) is 92.9 Å². The lowest BCUT2D eigenvalue weighted by Gasteiger charge is -2.41. The zero-order valence-electron chi connectivity index (χ0n) is 18.2. The SMILES string of the molecule is Cc1c(C)c(N(C(C)C)C(C)C)c(C)c(C)c1N(C(C)C)C(C)C. The lowest BCUT2D eigenvalue weighted by Crippen LogP contribution is -2.40. The van der Waals surface area contributed by atoms with Crippen molar-refractivity contribution in [2.75, 3.05) is 9.80 Å². The van der Waals surface area contributed by atoms with Crippen molar-refractivity contribution >= 4 is 11.4 Å². The van der Waals surface area contributed by atoms with Gasteiger partial charge in [-0.2, -0.15) is 0 Å². The van der Waals surface area contributed by atoms with Crippen molar-refractivity contribution in [2.45, 2.75) is 107 Å². The molecule has 24 heavy (non-hydrogen) atoms. The van der Waals surface area contributed by atoms with Gasteiger partial charge in [-0.1, -0.05) is 0 Å². The minimum absolute atomic E-state index is 0.498. The number of hydrogen-bond acceptors (Lipinski definition) is 2. The molecule has 138 valence electrons. The molecule has 1 rings (SSSR count). The minimum atomic E-state index is 0.498. The van der Waals surface area contributed by atoms with Crippen LogP contribution in [0.3, 0.4) is 0 Å². The number of rotatable bonds is 6. The van der Waals surface area contributed by atoms with E-state index in [9.17, 15) is 0 Å².